The third-order valence-corrected chi connectivity index (χ3v) is 3.35. The van der Waals surface area contributed by atoms with Gasteiger partial charge in [-0.2, -0.15) is 0 Å². The van der Waals surface area contributed by atoms with Crippen molar-refractivity contribution in [1.29, 1.82) is 0 Å². The van der Waals surface area contributed by atoms with E-state index in [4.69, 9.17) is 9.15 Å². The van der Waals surface area contributed by atoms with Crippen molar-refractivity contribution in [3.05, 3.63) is 53.0 Å². The average Bonchev–Trinajstić information content (AvgIpc) is 2.89. The van der Waals surface area contributed by atoms with Gasteiger partial charge in [-0.3, -0.25) is 25.8 Å². The Balaban J connectivity index is 1.97. The van der Waals surface area contributed by atoms with Gasteiger partial charge in [-0.1, -0.05) is 6.07 Å². The Morgan fingerprint density at radius 3 is 2.26 bits per heavy atom. The summed E-state index contributed by atoms with van der Waals surface area (Å²) in [6.45, 7) is 8.65. The number of ether oxygens (including phenoxy) is 1. The molecule has 0 aliphatic rings. The molecule has 1 aromatic heterocycles. The molecular weight excluding hydrogens is 350 g/mol. The van der Waals surface area contributed by atoms with Gasteiger partial charge in [-0.25, -0.2) is 4.79 Å². The maximum absolute atomic E-state index is 12.2. The number of benzene rings is 1. The van der Waals surface area contributed by atoms with Gasteiger partial charge in [0.2, 0.25) is 0 Å². The first-order chi connectivity index (χ1) is 12.5. The summed E-state index contributed by atoms with van der Waals surface area (Å²) in [4.78, 5) is 36.2. The van der Waals surface area contributed by atoms with E-state index in [1.807, 2.05) is 0 Å². The smallest absolute Gasteiger partial charge is 0.412 e. The minimum atomic E-state index is -0.632. The molecular formula is C19H23N3O5. The van der Waals surface area contributed by atoms with Crippen molar-refractivity contribution in [3.63, 3.8) is 0 Å². The number of amides is 3. The normalized spacial score (nSPS) is 10.9. The van der Waals surface area contributed by atoms with Crippen LogP contribution in [0, 0.1) is 13.8 Å². The first-order valence-corrected chi connectivity index (χ1v) is 8.33. The summed E-state index contributed by atoms with van der Waals surface area (Å²) in [5.41, 5.74) is 5.02. The van der Waals surface area contributed by atoms with E-state index < -0.39 is 23.5 Å². The van der Waals surface area contributed by atoms with Crippen LogP contribution < -0.4 is 16.2 Å². The summed E-state index contributed by atoms with van der Waals surface area (Å²) in [6.07, 6.45) is -0.626. The van der Waals surface area contributed by atoms with Gasteiger partial charge in [0.1, 0.15) is 17.1 Å². The lowest BCUT2D eigenvalue weighted by molar-refractivity contribution is 0.0635. The van der Waals surface area contributed by atoms with Crippen molar-refractivity contribution in [2.45, 2.75) is 40.2 Å². The number of hydrazine groups is 1. The lowest BCUT2D eigenvalue weighted by atomic mass is 10.2. The Labute approximate surface area is 157 Å². The van der Waals surface area contributed by atoms with Gasteiger partial charge in [-0.15, -0.1) is 0 Å². The van der Waals surface area contributed by atoms with Crippen LogP contribution >= 0.6 is 0 Å². The summed E-state index contributed by atoms with van der Waals surface area (Å²) >= 11 is 0. The fraction of sp³-hybridized carbons (Fsp3) is 0.316. The molecule has 27 heavy (non-hydrogen) atoms. The Kier molecular flexibility index (Phi) is 5.89. The second-order valence-electron chi connectivity index (χ2n) is 6.94. The lowest BCUT2D eigenvalue weighted by Gasteiger charge is -2.19. The number of furan rings is 1. The molecule has 0 aliphatic carbocycles. The van der Waals surface area contributed by atoms with Crippen molar-refractivity contribution in [2.75, 3.05) is 5.32 Å². The second-order valence-corrected chi connectivity index (χ2v) is 6.94. The second kappa shape index (κ2) is 7.94. The number of anilines is 1. The van der Waals surface area contributed by atoms with Crippen LogP contribution in [-0.2, 0) is 4.74 Å². The summed E-state index contributed by atoms with van der Waals surface area (Å²) < 4.78 is 10.5. The zero-order valence-electron chi connectivity index (χ0n) is 15.9. The van der Waals surface area contributed by atoms with Gasteiger partial charge in [-0.05, 0) is 58.9 Å². The first kappa shape index (κ1) is 20.0. The number of hydrogen-bond donors (Lipinski definition) is 3. The molecule has 144 valence electrons. The van der Waals surface area contributed by atoms with Crippen LogP contribution in [0.25, 0.3) is 0 Å². The predicted molar refractivity (Wildman–Crippen MR) is 99.4 cm³/mol. The largest absolute Gasteiger partial charge is 0.466 e. The van der Waals surface area contributed by atoms with Crippen molar-refractivity contribution >= 4 is 23.6 Å². The van der Waals surface area contributed by atoms with Gasteiger partial charge >= 0.3 is 6.09 Å². The van der Waals surface area contributed by atoms with Crippen LogP contribution in [0.1, 0.15) is 53.0 Å². The van der Waals surface area contributed by atoms with E-state index >= 15 is 0 Å². The number of carbonyl (C=O) groups excluding carboxylic acids is 3. The molecule has 8 nitrogen and oxygen atoms in total. The number of nitrogens with one attached hydrogen (secondary N) is 3. The van der Waals surface area contributed by atoms with Gasteiger partial charge < -0.3 is 9.15 Å². The quantitative estimate of drug-likeness (QED) is 0.715. The van der Waals surface area contributed by atoms with E-state index in [1.54, 1.807) is 58.9 Å². The van der Waals surface area contributed by atoms with Crippen LogP contribution in [-0.4, -0.2) is 23.5 Å². The van der Waals surface area contributed by atoms with E-state index in [2.05, 4.69) is 16.2 Å². The number of rotatable bonds is 3. The van der Waals surface area contributed by atoms with Crippen LogP contribution in [0.15, 0.2) is 34.7 Å². The van der Waals surface area contributed by atoms with Crippen molar-refractivity contribution in [2.24, 2.45) is 0 Å². The van der Waals surface area contributed by atoms with Crippen LogP contribution in [0.2, 0.25) is 0 Å². The Hall–Kier alpha value is -3.29. The van der Waals surface area contributed by atoms with Gasteiger partial charge in [0.05, 0.1) is 5.56 Å². The molecule has 3 N–H and O–H groups in total. The van der Waals surface area contributed by atoms with Crippen LogP contribution in [0.4, 0.5) is 10.5 Å². The molecule has 2 aromatic rings. The molecule has 0 unspecified atom stereocenters. The third-order valence-electron chi connectivity index (χ3n) is 3.35. The Bertz CT molecular complexity index is 864. The fourth-order valence-electron chi connectivity index (χ4n) is 2.27. The number of hydrogen-bond acceptors (Lipinski definition) is 5. The fourth-order valence-corrected chi connectivity index (χ4v) is 2.27. The molecule has 0 saturated heterocycles. The summed E-state index contributed by atoms with van der Waals surface area (Å²) in [5, 5.41) is 2.55. The molecule has 0 radical (unpaired) electrons. The highest BCUT2D eigenvalue weighted by Gasteiger charge is 2.17. The molecule has 0 aliphatic heterocycles. The predicted octanol–water partition coefficient (Wildman–Crippen LogP) is 3.32. The molecule has 0 bridgehead atoms. The van der Waals surface area contributed by atoms with E-state index in [9.17, 15) is 14.4 Å². The van der Waals surface area contributed by atoms with Gasteiger partial charge in [0, 0.05) is 11.3 Å². The number of aryl methyl sites for hydroxylation is 2. The SMILES string of the molecule is Cc1cc(C(=O)NNC(=O)c2cccc(NC(=O)OC(C)(C)C)c2)c(C)o1. The summed E-state index contributed by atoms with van der Waals surface area (Å²) in [6, 6.07) is 7.83. The molecule has 8 heteroatoms. The van der Waals surface area contributed by atoms with Crippen molar-refractivity contribution in [1.82, 2.24) is 10.9 Å². The van der Waals surface area contributed by atoms with E-state index in [0.717, 1.165) is 0 Å². The molecule has 1 heterocycles. The average molecular weight is 373 g/mol. The molecule has 2 rings (SSSR count). The molecule has 0 fully saturated rings. The van der Waals surface area contributed by atoms with Gasteiger partial charge in [0.15, 0.2) is 0 Å². The monoisotopic (exact) mass is 373 g/mol. The molecule has 0 saturated carbocycles. The van der Waals surface area contributed by atoms with E-state index in [-0.39, 0.29) is 5.56 Å². The zero-order valence-corrected chi connectivity index (χ0v) is 15.9. The maximum atomic E-state index is 12.2. The third kappa shape index (κ3) is 5.88. The highest BCUT2D eigenvalue weighted by molar-refractivity contribution is 6.00. The maximum Gasteiger partial charge on any atom is 0.412 e. The summed E-state index contributed by atoms with van der Waals surface area (Å²) in [7, 11) is 0. The van der Waals surface area contributed by atoms with Crippen molar-refractivity contribution < 1.29 is 23.5 Å². The molecule has 1 aromatic carbocycles. The standard InChI is InChI=1S/C19H23N3O5/c1-11-9-15(12(2)26-11)17(24)22-21-16(23)13-7-6-8-14(10-13)20-18(25)27-19(3,4)5/h6-10H,1-5H3,(H,20,25)(H,21,23)(H,22,24). The highest BCUT2D eigenvalue weighted by atomic mass is 16.6. The van der Waals surface area contributed by atoms with Crippen molar-refractivity contribution in [3.8, 4) is 0 Å². The Morgan fingerprint density at radius 2 is 1.67 bits per heavy atom. The number of carbonyl (C=O) groups is 3. The molecule has 0 atom stereocenters. The van der Waals surface area contributed by atoms with Crippen LogP contribution in [0.5, 0.6) is 0 Å². The van der Waals surface area contributed by atoms with E-state index in [0.29, 0.717) is 22.8 Å². The molecule has 3 amide bonds. The Morgan fingerprint density at radius 1 is 1.00 bits per heavy atom. The zero-order chi connectivity index (χ0) is 20.2. The molecule has 0 spiro atoms. The van der Waals surface area contributed by atoms with E-state index in [1.165, 1.54) is 6.07 Å². The van der Waals surface area contributed by atoms with Crippen LogP contribution in [0.3, 0.4) is 0 Å². The topological polar surface area (TPSA) is 110 Å². The summed E-state index contributed by atoms with van der Waals surface area (Å²) in [5.74, 6) is 0.0440. The highest BCUT2D eigenvalue weighted by Crippen LogP contribution is 2.14. The minimum absolute atomic E-state index is 0.254. The first-order valence-electron chi connectivity index (χ1n) is 8.33. The van der Waals surface area contributed by atoms with Gasteiger partial charge in [0.25, 0.3) is 11.8 Å². The lowest BCUT2D eigenvalue weighted by Crippen LogP contribution is -2.41. The minimum Gasteiger partial charge on any atom is -0.466 e.